The largest absolute Gasteiger partial charge is 0.352 e. The summed E-state index contributed by atoms with van der Waals surface area (Å²) in [7, 11) is 2.95. The van der Waals surface area contributed by atoms with Gasteiger partial charge in [-0.05, 0) is 13.3 Å². The summed E-state index contributed by atoms with van der Waals surface area (Å²) < 4.78 is 3.79. The van der Waals surface area contributed by atoms with Crippen LogP contribution < -0.4 is 16.6 Å². The van der Waals surface area contributed by atoms with Crippen LogP contribution in [-0.4, -0.2) is 30.6 Å². The van der Waals surface area contributed by atoms with E-state index in [1.54, 1.807) is 7.05 Å². The van der Waals surface area contributed by atoms with Crippen molar-refractivity contribution in [2.24, 2.45) is 14.1 Å². The monoisotopic (exact) mass is 307 g/mol. The van der Waals surface area contributed by atoms with Gasteiger partial charge in [0.2, 0.25) is 5.91 Å². The zero-order chi connectivity index (χ0) is 16.4. The maximum Gasteiger partial charge on any atom is 0.332 e. The summed E-state index contributed by atoms with van der Waals surface area (Å²) in [6.07, 6.45) is 3.29. The van der Waals surface area contributed by atoms with Crippen molar-refractivity contribution in [1.82, 2.24) is 24.0 Å². The molecule has 0 aliphatic carbocycles. The Bertz CT molecular complexity index is 814. The number of nitrogens with one attached hydrogen (secondary N) is 1. The van der Waals surface area contributed by atoms with Crippen molar-refractivity contribution >= 4 is 17.1 Å². The van der Waals surface area contributed by atoms with Crippen LogP contribution in [0.25, 0.3) is 11.2 Å². The van der Waals surface area contributed by atoms with Crippen molar-refractivity contribution in [2.75, 3.05) is 0 Å². The Morgan fingerprint density at radius 2 is 2.00 bits per heavy atom. The zero-order valence-corrected chi connectivity index (χ0v) is 13.3. The first-order chi connectivity index (χ1) is 10.4. The number of aryl methyl sites for hydroxylation is 1. The van der Waals surface area contributed by atoms with Crippen LogP contribution in [-0.2, 0) is 25.4 Å². The van der Waals surface area contributed by atoms with Crippen LogP contribution in [0.3, 0.4) is 0 Å². The van der Waals surface area contributed by atoms with E-state index in [0.717, 1.165) is 17.4 Å². The molecule has 0 saturated heterocycles. The van der Waals surface area contributed by atoms with Crippen LogP contribution in [0.15, 0.2) is 15.9 Å². The van der Waals surface area contributed by atoms with Gasteiger partial charge in [-0.3, -0.25) is 18.7 Å². The minimum absolute atomic E-state index is 0.00199. The second-order valence-electron chi connectivity index (χ2n) is 5.51. The summed E-state index contributed by atoms with van der Waals surface area (Å²) in [5.41, 5.74) is -0.362. The molecular formula is C14H21N5O3. The van der Waals surface area contributed by atoms with E-state index in [9.17, 15) is 14.4 Å². The molecule has 0 aliphatic heterocycles. The molecule has 0 saturated carbocycles. The Balaban J connectivity index is 2.36. The second kappa shape index (κ2) is 6.17. The molecule has 2 rings (SSSR count). The number of carbonyl (C=O) groups is 1. The van der Waals surface area contributed by atoms with E-state index in [0.29, 0.717) is 0 Å². The minimum Gasteiger partial charge on any atom is -0.352 e. The number of hydrogen-bond acceptors (Lipinski definition) is 4. The van der Waals surface area contributed by atoms with Gasteiger partial charge < -0.3 is 9.88 Å². The van der Waals surface area contributed by atoms with Gasteiger partial charge in [-0.1, -0.05) is 13.3 Å². The minimum atomic E-state index is -0.454. The van der Waals surface area contributed by atoms with Crippen LogP contribution in [0.4, 0.5) is 0 Å². The van der Waals surface area contributed by atoms with Gasteiger partial charge in [0.05, 0.1) is 6.33 Å². The molecule has 8 heteroatoms. The third-order valence-corrected chi connectivity index (χ3v) is 3.66. The molecule has 2 heterocycles. The third-order valence-electron chi connectivity index (χ3n) is 3.66. The van der Waals surface area contributed by atoms with Gasteiger partial charge in [-0.15, -0.1) is 0 Å². The lowest BCUT2D eigenvalue weighted by Gasteiger charge is -2.13. The average Bonchev–Trinajstić information content (AvgIpc) is 2.86. The molecule has 0 fully saturated rings. The van der Waals surface area contributed by atoms with Crippen molar-refractivity contribution in [3.63, 3.8) is 0 Å². The van der Waals surface area contributed by atoms with Crippen molar-refractivity contribution < 1.29 is 4.79 Å². The summed E-state index contributed by atoms with van der Waals surface area (Å²) in [5.74, 6) is -0.184. The first-order valence-electron chi connectivity index (χ1n) is 7.27. The molecule has 0 unspecified atom stereocenters. The molecule has 0 aliphatic rings. The van der Waals surface area contributed by atoms with Crippen molar-refractivity contribution in [1.29, 1.82) is 0 Å². The van der Waals surface area contributed by atoms with Gasteiger partial charge in [0, 0.05) is 20.1 Å². The maximum absolute atomic E-state index is 12.2. The molecule has 1 atom stereocenters. The van der Waals surface area contributed by atoms with Crippen molar-refractivity contribution in [2.45, 2.75) is 39.3 Å². The van der Waals surface area contributed by atoms with E-state index in [2.05, 4.69) is 17.2 Å². The Hall–Kier alpha value is -2.38. The fourth-order valence-corrected chi connectivity index (χ4v) is 2.50. The number of amides is 1. The molecule has 1 amide bonds. The Morgan fingerprint density at radius 1 is 1.32 bits per heavy atom. The van der Waals surface area contributed by atoms with Crippen LogP contribution in [0.5, 0.6) is 0 Å². The van der Waals surface area contributed by atoms with Crippen molar-refractivity contribution in [3.05, 3.63) is 27.2 Å². The maximum atomic E-state index is 12.2. The smallest absolute Gasteiger partial charge is 0.332 e. The van der Waals surface area contributed by atoms with Crippen LogP contribution >= 0.6 is 0 Å². The second-order valence-corrected chi connectivity index (χ2v) is 5.51. The molecule has 2 aromatic rings. The summed E-state index contributed by atoms with van der Waals surface area (Å²) in [5, 5.41) is 2.88. The Morgan fingerprint density at radius 3 is 2.64 bits per heavy atom. The molecule has 0 radical (unpaired) electrons. The molecule has 2 aromatic heterocycles. The highest BCUT2D eigenvalue weighted by Gasteiger charge is 2.16. The number of carbonyl (C=O) groups excluding carboxylic acids is 1. The first kappa shape index (κ1) is 16.0. The van der Waals surface area contributed by atoms with Crippen LogP contribution in [0, 0.1) is 0 Å². The van der Waals surface area contributed by atoms with E-state index < -0.39 is 11.2 Å². The predicted octanol–water partition coefficient (Wildman–Crippen LogP) is -0.261. The van der Waals surface area contributed by atoms with E-state index >= 15 is 0 Å². The summed E-state index contributed by atoms with van der Waals surface area (Å²) >= 11 is 0. The lowest BCUT2D eigenvalue weighted by Crippen LogP contribution is -2.38. The van der Waals surface area contributed by atoms with Gasteiger partial charge in [-0.25, -0.2) is 9.78 Å². The van der Waals surface area contributed by atoms with Gasteiger partial charge in [0.1, 0.15) is 6.54 Å². The highest BCUT2D eigenvalue weighted by atomic mass is 16.2. The fraction of sp³-hybridized carbons (Fsp3) is 0.571. The average molecular weight is 307 g/mol. The molecule has 120 valence electrons. The molecular weight excluding hydrogens is 286 g/mol. The lowest BCUT2D eigenvalue weighted by atomic mass is 10.2. The number of nitrogens with zero attached hydrogens (tertiary/aromatic N) is 4. The molecule has 0 bridgehead atoms. The van der Waals surface area contributed by atoms with Gasteiger partial charge in [0.15, 0.2) is 11.2 Å². The Kier molecular flexibility index (Phi) is 4.48. The standard InChI is InChI=1S/C14H21N5O3/c1-5-6-9(2)16-10(20)7-19-8-15-12-11(19)13(21)18(4)14(22)17(12)3/h8-9H,5-7H2,1-4H3,(H,16,20)/t9-/m0/s1. The zero-order valence-electron chi connectivity index (χ0n) is 13.3. The summed E-state index contributed by atoms with van der Waals surface area (Å²) in [6.45, 7) is 3.99. The number of rotatable bonds is 5. The van der Waals surface area contributed by atoms with E-state index in [1.165, 1.54) is 22.5 Å². The number of aromatic nitrogens is 4. The van der Waals surface area contributed by atoms with Gasteiger partial charge in [0.25, 0.3) is 5.56 Å². The quantitative estimate of drug-likeness (QED) is 0.824. The third kappa shape index (κ3) is 2.81. The summed E-state index contributed by atoms with van der Waals surface area (Å²) in [6, 6.07) is 0.0828. The van der Waals surface area contributed by atoms with Crippen molar-refractivity contribution in [3.8, 4) is 0 Å². The predicted molar refractivity (Wildman–Crippen MR) is 82.7 cm³/mol. The fourth-order valence-electron chi connectivity index (χ4n) is 2.50. The van der Waals surface area contributed by atoms with E-state index in [-0.39, 0.29) is 29.7 Å². The SMILES string of the molecule is CCC[C@H](C)NC(=O)Cn1cnc2c1c(=O)n(C)c(=O)n2C. The van der Waals surface area contributed by atoms with E-state index in [4.69, 9.17) is 0 Å². The highest BCUT2D eigenvalue weighted by Crippen LogP contribution is 2.05. The van der Waals surface area contributed by atoms with E-state index in [1.807, 2.05) is 6.92 Å². The lowest BCUT2D eigenvalue weighted by molar-refractivity contribution is -0.122. The molecule has 22 heavy (non-hydrogen) atoms. The van der Waals surface area contributed by atoms with Crippen LogP contribution in [0.2, 0.25) is 0 Å². The van der Waals surface area contributed by atoms with Gasteiger partial charge >= 0.3 is 5.69 Å². The number of imidazole rings is 1. The molecule has 0 aromatic carbocycles. The molecule has 8 nitrogen and oxygen atoms in total. The number of fused-ring (bicyclic) bond motifs is 1. The highest BCUT2D eigenvalue weighted by molar-refractivity contribution is 5.79. The summed E-state index contributed by atoms with van der Waals surface area (Å²) in [4.78, 5) is 40.2. The first-order valence-corrected chi connectivity index (χ1v) is 7.27. The molecule has 1 N–H and O–H groups in total. The topological polar surface area (TPSA) is 90.9 Å². The Labute approximate surface area is 127 Å². The molecule has 0 spiro atoms. The van der Waals surface area contributed by atoms with Gasteiger partial charge in [-0.2, -0.15) is 0 Å². The normalized spacial score (nSPS) is 12.5. The number of hydrogen-bond donors (Lipinski definition) is 1. The van der Waals surface area contributed by atoms with Crippen LogP contribution in [0.1, 0.15) is 26.7 Å².